The maximum atomic E-state index is 11.0. The Labute approximate surface area is 157 Å². The molecule has 8 heteroatoms. The lowest BCUT2D eigenvalue weighted by molar-refractivity contribution is 0.150. The van der Waals surface area contributed by atoms with Gasteiger partial charge < -0.3 is 10.6 Å². The number of fused-ring (bicyclic) bond motifs is 1. The van der Waals surface area contributed by atoms with E-state index < -0.39 is 10.0 Å². The van der Waals surface area contributed by atoms with Crippen molar-refractivity contribution in [3.8, 4) is 0 Å². The van der Waals surface area contributed by atoms with E-state index in [1.165, 1.54) is 51.2 Å². The van der Waals surface area contributed by atoms with Gasteiger partial charge >= 0.3 is 0 Å². The van der Waals surface area contributed by atoms with E-state index in [1.54, 1.807) is 7.05 Å². The first-order valence-electron chi connectivity index (χ1n) is 8.40. The van der Waals surface area contributed by atoms with Gasteiger partial charge in [-0.25, -0.2) is 13.1 Å². The minimum Gasteiger partial charge on any atom is -0.355 e. The van der Waals surface area contributed by atoms with Crippen LogP contribution in [0.5, 0.6) is 0 Å². The van der Waals surface area contributed by atoms with Crippen LogP contribution in [-0.4, -0.2) is 46.8 Å². The molecule has 136 valence electrons. The van der Waals surface area contributed by atoms with Gasteiger partial charge in [0, 0.05) is 26.2 Å². The molecule has 0 aliphatic heterocycles. The van der Waals surface area contributed by atoms with Crippen LogP contribution in [0.4, 0.5) is 0 Å². The first-order chi connectivity index (χ1) is 10.5. The lowest BCUT2D eigenvalue weighted by atomic mass is 9.69. The molecule has 2 aliphatic carbocycles. The molecule has 2 rings (SSSR count). The Kier molecular flexibility index (Phi) is 9.13. The highest BCUT2D eigenvalue weighted by Crippen LogP contribution is 2.40. The number of halogens is 1. The zero-order valence-electron chi connectivity index (χ0n) is 14.2. The third-order valence-electron chi connectivity index (χ3n) is 4.89. The molecule has 6 nitrogen and oxygen atoms in total. The molecule has 0 spiro atoms. The highest BCUT2D eigenvalue weighted by atomic mass is 127. The van der Waals surface area contributed by atoms with Gasteiger partial charge in [-0.15, -0.1) is 24.0 Å². The molecule has 23 heavy (non-hydrogen) atoms. The summed E-state index contributed by atoms with van der Waals surface area (Å²) in [4.78, 5) is 4.24. The van der Waals surface area contributed by atoms with E-state index in [-0.39, 0.29) is 24.0 Å². The van der Waals surface area contributed by atoms with Crippen LogP contribution in [0, 0.1) is 11.8 Å². The zero-order chi connectivity index (χ0) is 16.0. The number of hydrogen-bond acceptors (Lipinski definition) is 3. The Bertz CT molecular complexity index is 484. The topological polar surface area (TPSA) is 82.6 Å². The van der Waals surface area contributed by atoms with Gasteiger partial charge in [-0.3, -0.25) is 4.99 Å². The third kappa shape index (κ3) is 7.55. The first-order valence-corrected chi connectivity index (χ1v) is 10.3. The Hall–Kier alpha value is -0.0900. The number of nitrogens with zero attached hydrogens (tertiary/aromatic N) is 1. The summed E-state index contributed by atoms with van der Waals surface area (Å²) in [5.41, 5.74) is 0. The molecule has 3 unspecified atom stereocenters. The average molecular weight is 458 g/mol. The SMILES string of the molecule is CN=C(NCCNS(C)(=O)=O)NC1CCC2CCCCC2C1.I. The Morgan fingerprint density at radius 3 is 2.43 bits per heavy atom. The van der Waals surface area contributed by atoms with Gasteiger partial charge in [0.2, 0.25) is 10.0 Å². The third-order valence-corrected chi connectivity index (χ3v) is 5.61. The summed E-state index contributed by atoms with van der Waals surface area (Å²) in [6.45, 7) is 0.903. The fourth-order valence-corrected chi connectivity index (χ4v) is 4.28. The number of hydrogen-bond donors (Lipinski definition) is 3. The highest BCUT2D eigenvalue weighted by Gasteiger charge is 2.32. The summed E-state index contributed by atoms with van der Waals surface area (Å²) in [5, 5.41) is 6.67. The van der Waals surface area contributed by atoms with Crippen molar-refractivity contribution in [2.45, 2.75) is 51.0 Å². The van der Waals surface area contributed by atoms with Gasteiger partial charge in [0.05, 0.1) is 6.26 Å². The lowest BCUT2D eigenvalue weighted by Crippen LogP contribution is -2.48. The van der Waals surface area contributed by atoms with Crippen molar-refractivity contribution in [2.24, 2.45) is 16.8 Å². The fraction of sp³-hybridized carbons (Fsp3) is 0.933. The van der Waals surface area contributed by atoms with Crippen LogP contribution in [0.3, 0.4) is 0 Å². The molecule has 0 aromatic rings. The minimum absolute atomic E-state index is 0. The average Bonchev–Trinajstić information content (AvgIpc) is 2.49. The number of guanidine groups is 1. The van der Waals surface area contributed by atoms with Gasteiger partial charge in [-0.1, -0.05) is 25.7 Å². The van der Waals surface area contributed by atoms with Crippen LogP contribution in [-0.2, 0) is 10.0 Å². The molecule has 3 N–H and O–H groups in total. The Morgan fingerprint density at radius 1 is 1.09 bits per heavy atom. The molecule has 0 aromatic heterocycles. The summed E-state index contributed by atoms with van der Waals surface area (Å²) >= 11 is 0. The van der Waals surface area contributed by atoms with Crippen molar-refractivity contribution in [3.05, 3.63) is 0 Å². The highest BCUT2D eigenvalue weighted by molar-refractivity contribution is 14.0. The molecular formula is C15H31IN4O2S. The zero-order valence-corrected chi connectivity index (χ0v) is 17.3. The van der Waals surface area contributed by atoms with Crippen LogP contribution in [0.2, 0.25) is 0 Å². The first kappa shape index (κ1) is 21.0. The van der Waals surface area contributed by atoms with Crippen molar-refractivity contribution in [2.75, 3.05) is 26.4 Å². The normalized spacial score (nSPS) is 28.4. The summed E-state index contributed by atoms with van der Waals surface area (Å²) < 4.78 is 24.5. The molecule has 2 aliphatic rings. The second kappa shape index (κ2) is 10.0. The molecule has 3 atom stereocenters. The van der Waals surface area contributed by atoms with Crippen molar-refractivity contribution in [3.63, 3.8) is 0 Å². The van der Waals surface area contributed by atoms with E-state index in [2.05, 4.69) is 20.3 Å². The van der Waals surface area contributed by atoms with Gasteiger partial charge in [-0.05, 0) is 31.1 Å². The number of nitrogens with one attached hydrogen (secondary N) is 3. The van der Waals surface area contributed by atoms with Crippen molar-refractivity contribution < 1.29 is 8.42 Å². The van der Waals surface area contributed by atoms with Gasteiger partial charge in [0.15, 0.2) is 5.96 Å². The molecule has 2 fully saturated rings. The lowest BCUT2D eigenvalue weighted by Gasteiger charge is -2.39. The van der Waals surface area contributed by atoms with Crippen LogP contribution in [0.25, 0.3) is 0 Å². The van der Waals surface area contributed by atoms with Crippen molar-refractivity contribution in [1.82, 2.24) is 15.4 Å². The maximum absolute atomic E-state index is 11.0. The summed E-state index contributed by atoms with van der Waals surface area (Å²) in [6, 6.07) is 0.494. The number of rotatable bonds is 5. The smallest absolute Gasteiger partial charge is 0.208 e. The van der Waals surface area contributed by atoms with Crippen LogP contribution in [0.1, 0.15) is 44.9 Å². The number of sulfonamides is 1. The predicted molar refractivity (Wildman–Crippen MR) is 106 cm³/mol. The Balaban J connectivity index is 0.00000264. The minimum atomic E-state index is -3.12. The molecule has 0 aromatic carbocycles. The molecule has 0 bridgehead atoms. The van der Waals surface area contributed by atoms with Crippen LogP contribution in [0.15, 0.2) is 4.99 Å². The fourth-order valence-electron chi connectivity index (χ4n) is 3.81. The number of aliphatic imine (C=N–C) groups is 1. The standard InChI is InChI=1S/C15H30N4O2S.HI/c1-16-15(17-9-10-18-22(2,20)21)19-14-8-7-12-5-3-4-6-13(12)11-14;/h12-14,18H,3-11H2,1-2H3,(H2,16,17,19);1H. The molecule has 0 saturated heterocycles. The van der Waals surface area contributed by atoms with E-state index in [4.69, 9.17) is 0 Å². The van der Waals surface area contributed by atoms with E-state index in [0.29, 0.717) is 19.1 Å². The predicted octanol–water partition coefficient (Wildman–Crippen LogP) is 1.68. The molecule has 0 heterocycles. The van der Waals surface area contributed by atoms with E-state index >= 15 is 0 Å². The second-order valence-corrected chi connectivity index (χ2v) is 8.46. The van der Waals surface area contributed by atoms with Crippen molar-refractivity contribution in [1.29, 1.82) is 0 Å². The van der Waals surface area contributed by atoms with E-state index in [1.807, 2.05) is 0 Å². The van der Waals surface area contributed by atoms with Gasteiger partial charge in [0.1, 0.15) is 0 Å². The summed E-state index contributed by atoms with van der Waals surface area (Å²) in [5.74, 6) is 2.60. The molecule has 0 radical (unpaired) electrons. The van der Waals surface area contributed by atoms with E-state index in [0.717, 1.165) is 17.8 Å². The second-order valence-electron chi connectivity index (χ2n) is 6.62. The Morgan fingerprint density at radius 2 is 1.78 bits per heavy atom. The maximum Gasteiger partial charge on any atom is 0.208 e. The summed E-state index contributed by atoms with van der Waals surface area (Å²) in [7, 11) is -1.36. The van der Waals surface area contributed by atoms with Crippen molar-refractivity contribution >= 4 is 40.0 Å². The van der Waals surface area contributed by atoms with E-state index in [9.17, 15) is 8.42 Å². The largest absolute Gasteiger partial charge is 0.355 e. The monoisotopic (exact) mass is 458 g/mol. The molecule has 2 saturated carbocycles. The van der Waals surface area contributed by atoms with Crippen LogP contribution >= 0.6 is 24.0 Å². The quantitative estimate of drug-likeness (QED) is 0.254. The van der Waals surface area contributed by atoms with Gasteiger partial charge in [0.25, 0.3) is 0 Å². The molecule has 0 amide bonds. The summed E-state index contributed by atoms with van der Waals surface area (Å²) in [6.07, 6.45) is 10.6. The van der Waals surface area contributed by atoms with Crippen LogP contribution < -0.4 is 15.4 Å². The van der Waals surface area contributed by atoms with Gasteiger partial charge in [-0.2, -0.15) is 0 Å². The molecular weight excluding hydrogens is 427 g/mol.